The molecule has 0 spiro atoms. The molecule has 5 nitrogen and oxygen atoms in total. The molecule has 0 unspecified atom stereocenters. The molecule has 1 N–H and O–H groups in total. The molecule has 1 saturated carbocycles. The van der Waals surface area contributed by atoms with Crippen molar-refractivity contribution in [3.05, 3.63) is 53.1 Å². The molecule has 0 radical (unpaired) electrons. The first-order valence-electron chi connectivity index (χ1n) is 8.60. The number of nitrogens with one attached hydrogen (secondary N) is 1. The lowest BCUT2D eigenvalue weighted by molar-refractivity contribution is 0.368. The summed E-state index contributed by atoms with van der Waals surface area (Å²) in [6.45, 7) is 0.0278. The second kappa shape index (κ2) is 6.48. The zero-order chi connectivity index (χ0) is 17.2. The van der Waals surface area contributed by atoms with Gasteiger partial charge in [-0.1, -0.05) is 25.0 Å². The van der Waals surface area contributed by atoms with Crippen molar-refractivity contribution in [2.45, 2.75) is 31.7 Å². The van der Waals surface area contributed by atoms with Gasteiger partial charge in [-0.3, -0.25) is 4.79 Å². The fourth-order valence-electron chi connectivity index (χ4n) is 3.77. The Morgan fingerprint density at radius 1 is 1.20 bits per heavy atom. The summed E-state index contributed by atoms with van der Waals surface area (Å²) in [5, 5.41) is 9.34. The normalized spacial score (nSPS) is 14.7. The van der Waals surface area contributed by atoms with Crippen LogP contribution in [0.4, 0.5) is 0 Å². The number of hydrogen-bond acceptors (Lipinski definition) is 3. The summed E-state index contributed by atoms with van der Waals surface area (Å²) in [5.74, 6) is 0.652. The highest BCUT2D eigenvalue weighted by Gasteiger charge is 2.21. The first-order chi connectivity index (χ1) is 12.3. The van der Waals surface area contributed by atoms with Crippen molar-refractivity contribution in [2.75, 3.05) is 6.61 Å². The summed E-state index contributed by atoms with van der Waals surface area (Å²) < 4.78 is 7.58. The first kappa shape index (κ1) is 15.5. The third kappa shape index (κ3) is 2.80. The molecule has 2 heterocycles. The number of pyridine rings is 1. The van der Waals surface area contributed by atoms with Gasteiger partial charge in [0.2, 0.25) is 0 Å². The maximum absolute atomic E-state index is 12.5. The van der Waals surface area contributed by atoms with Crippen LogP contribution in [0.5, 0.6) is 5.75 Å². The number of benzene rings is 1. The lowest BCUT2D eigenvalue weighted by Crippen LogP contribution is -2.07. The Kier molecular flexibility index (Phi) is 4.02. The highest BCUT2D eigenvalue weighted by Crippen LogP contribution is 2.36. The fraction of sp³-hybridized carbons (Fsp3) is 0.300. The maximum Gasteiger partial charge on any atom is 0.258 e. The molecular weight excluding hydrogens is 314 g/mol. The van der Waals surface area contributed by atoms with Gasteiger partial charge in [0.15, 0.2) is 6.61 Å². The number of fused-ring (bicyclic) bond motifs is 1. The molecule has 2 aromatic heterocycles. The minimum Gasteiger partial charge on any atom is -0.479 e. The zero-order valence-corrected chi connectivity index (χ0v) is 13.9. The van der Waals surface area contributed by atoms with Crippen molar-refractivity contribution < 1.29 is 4.74 Å². The van der Waals surface area contributed by atoms with Gasteiger partial charge in [0.25, 0.3) is 5.56 Å². The molecule has 1 aliphatic rings. The van der Waals surface area contributed by atoms with E-state index < -0.39 is 0 Å². The van der Waals surface area contributed by atoms with Crippen LogP contribution in [0.15, 0.2) is 47.5 Å². The Hall–Kier alpha value is -3.00. The van der Waals surface area contributed by atoms with Gasteiger partial charge in [-0.15, -0.1) is 0 Å². The predicted molar refractivity (Wildman–Crippen MR) is 96.6 cm³/mol. The van der Waals surface area contributed by atoms with Gasteiger partial charge in [-0.25, -0.2) is 0 Å². The molecule has 25 heavy (non-hydrogen) atoms. The molecule has 0 atom stereocenters. The second-order valence-electron chi connectivity index (χ2n) is 6.43. The number of hydrogen-bond donors (Lipinski definition) is 1. The molecular formula is C20H19N3O2. The summed E-state index contributed by atoms with van der Waals surface area (Å²) >= 11 is 0. The van der Waals surface area contributed by atoms with Crippen molar-refractivity contribution in [2.24, 2.45) is 0 Å². The standard InChI is InChI=1S/C20H19N3O2/c21-10-12-25-16-7-5-14(6-8-16)17-13-23(15-3-1-2-4-15)18-9-11-22-20(24)19(17)18/h5-9,11,13,15H,1-4,12H2,(H,22,24). The number of nitrogens with zero attached hydrogens (tertiary/aromatic N) is 2. The monoisotopic (exact) mass is 333 g/mol. The number of H-pyrrole nitrogens is 1. The van der Waals surface area contributed by atoms with Crippen LogP contribution in [0.2, 0.25) is 0 Å². The highest BCUT2D eigenvalue weighted by atomic mass is 16.5. The topological polar surface area (TPSA) is 70.8 Å². The van der Waals surface area contributed by atoms with Gasteiger partial charge < -0.3 is 14.3 Å². The first-order valence-corrected chi connectivity index (χ1v) is 8.60. The third-order valence-corrected chi connectivity index (χ3v) is 4.94. The third-order valence-electron chi connectivity index (χ3n) is 4.94. The van der Waals surface area contributed by atoms with E-state index in [1.165, 1.54) is 12.8 Å². The molecule has 1 aliphatic carbocycles. The Morgan fingerprint density at radius 3 is 2.68 bits per heavy atom. The summed E-state index contributed by atoms with van der Waals surface area (Å²) in [5.41, 5.74) is 2.85. The number of ether oxygens (including phenoxy) is 1. The average Bonchev–Trinajstić information content (AvgIpc) is 3.28. The van der Waals surface area contributed by atoms with Gasteiger partial charge in [0.05, 0.1) is 10.9 Å². The Morgan fingerprint density at radius 2 is 1.96 bits per heavy atom. The van der Waals surface area contributed by atoms with E-state index in [0.717, 1.165) is 34.9 Å². The number of nitriles is 1. The molecule has 0 aliphatic heterocycles. The minimum absolute atomic E-state index is 0.0278. The molecule has 1 fully saturated rings. The number of aromatic amines is 1. The zero-order valence-electron chi connectivity index (χ0n) is 13.9. The molecule has 1 aromatic carbocycles. The SMILES string of the molecule is N#CCOc1ccc(-c2cn(C3CCCC3)c3cc[nH]c(=O)c23)cc1. The fourth-order valence-corrected chi connectivity index (χ4v) is 3.77. The van der Waals surface area contributed by atoms with Crippen LogP contribution in [-0.4, -0.2) is 16.2 Å². The predicted octanol–water partition coefficient (Wildman–Crippen LogP) is 4.01. The summed E-state index contributed by atoms with van der Waals surface area (Å²) in [7, 11) is 0. The van der Waals surface area contributed by atoms with E-state index in [0.29, 0.717) is 11.8 Å². The van der Waals surface area contributed by atoms with Gasteiger partial charge in [0.1, 0.15) is 11.8 Å². The Bertz CT molecular complexity index is 986. The van der Waals surface area contributed by atoms with Crippen molar-refractivity contribution in [3.8, 4) is 22.9 Å². The van der Waals surface area contributed by atoms with Crippen molar-refractivity contribution in [3.63, 3.8) is 0 Å². The summed E-state index contributed by atoms with van der Waals surface area (Å²) in [4.78, 5) is 15.3. The summed E-state index contributed by atoms with van der Waals surface area (Å²) in [6, 6.07) is 12.0. The van der Waals surface area contributed by atoms with E-state index in [1.807, 2.05) is 36.4 Å². The Balaban J connectivity index is 1.81. The van der Waals surface area contributed by atoms with Crippen LogP contribution in [-0.2, 0) is 0 Å². The Labute approximate surface area is 145 Å². The summed E-state index contributed by atoms with van der Waals surface area (Å²) in [6.07, 6.45) is 8.65. The van der Waals surface area contributed by atoms with E-state index in [1.54, 1.807) is 6.20 Å². The highest BCUT2D eigenvalue weighted by molar-refractivity contribution is 5.95. The molecule has 4 rings (SSSR count). The molecule has 3 aromatic rings. The van der Waals surface area contributed by atoms with E-state index >= 15 is 0 Å². The lowest BCUT2D eigenvalue weighted by atomic mass is 10.1. The number of rotatable bonds is 4. The average molecular weight is 333 g/mol. The van der Waals surface area contributed by atoms with Gasteiger partial charge in [-0.2, -0.15) is 5.26 Å². The molecule has 0 amide bonds. The van der Waals surface area contributed by atoms with E-state index in [-0.39, 0.29) is 12.2 Å². The second-order valence-corrected chi connectivity index (χ2v) is 6.43. The van der Waals surface area contributed by atoms with Crippen LogP contribution < -0.4 is 10.3 Å². The molecule has 0 saturated heterocycles. The molecule has 126 valence electrons. The smallest absolute Gasteiger partial charge is 0.258 e. The van der Waals surface area contributed by atoms with Crippen LogP contribution in [0.3, 0.4) is 0 Å². The van der Waals surface area contributed by atoms with Crippen LogP contribution in [0, 0.1) is 11.3 Å². The van der Waals surface area contributed by atoms with Crippen LogP contribution in [0.1, 0.15) is 31.7 Å². The minimum atomic E-state index is -0.0611. The van der Waals surface area contributed by atoms with Crippen molar-refractivity contribution >= 4 is 10.9 Å². The molecule has 0 bridgehead atoms. The maximum atomic E-state index is 12.5. The van der Waals surface area contributed by atoms with E-state index in [9.17, 15) is 4.79 Å². The number of aromatic nitrogens is 2. The lowest BCUT2D eigenvalue weighted by Gasteiger charge is -2.12. The van der Waals surface area contributed by atoms with Gasteiger partial charge >= 0.3 is 0 Å². The van der Waals surface area contributed by atoms with E-state index in [4.69, 9.17) is 10.00 Å². The quantitative estimate of drug-likeness (QED) is 0.784. The van der Waals surface area contributed by atoms with Gasteiger partial charge in [-0.05, 0) is 36.6 Å². The van der Waals surface area contributed by atoms with Crippen LogP contribution in [0.25, 0.3) is 22.0 Å². The largest absolute Gasteiger partial charge is 0.479 e. The van der Waals surface area contributed by atoms with Crippen molar-refractivity contribution in [1.82, 2.24) is 9.55 Å². The molecule has 5 heteroatoms. The van der Waals surface area contributed by atoms with Gasteiger partial charge in [0, 0.05) is 24.0 Å². The van der Waals surface area contributed by atoms with E-state index in [2.05, 4.69) is 15.7 Å². The van der Waals surface area contributed by atoms with Crippen molar-refractivity contribution in [1.29, 1.82) is 5.26 Å². The van der Waals surface area contributed by atoms with Crippen LogP contribution >= 0.6 is 0 Å².